The second kappa shape index (κ2) is 9.26. The van der Waals surface area contributed by atoms with Gasteiger partial charge in [-0.3, -0.25) is 9.59 Å². The average Bonchev–Trinajstić information content (AvgIpc) is 2.62. The molecule has 0 bridgehead atoms. The first kappa shape index (κ1) is 20.6. The molecule has 0 aliphatic carbocycles. The zero-order valence-corrected chi connectivity index (χ0v) is 15.7. The lowest BCUT2D eigenvalue weighted by atomic mass is 10.1. The van der Waals surface area contributed by atoms with Gasteiger partial charge < -0.3 is 10.2 Å². The number of halogens is 2. The van der Waals surface area contributed by atoms with Crippen molar-refractivity contribution in [3.63, 3.8) is 0 Å². The van der Waals surface area contributed by atoms with Crippen LogP contribution in [0, 0.1) is 11.6 Å². The number of amides is 2. The molecule has 2 aromatic rings. The van der Waals surface area contributed by atoms with Crippen molar-refractivity contribution in [1.29, 1.82) is 0 Å². The number of hydrogen-bond donors (Lipinski definition) is 1. The van der Waals surface area contributed by atoms with E-state index in [0.717, 1.165) is 0 Å². The Balaban J connectivity index is 2.21. The van der Waals surface area contributed by atoms with E-state index in [1.165, 1.54) is 29.2 Å². The Kier molecular flexibility index (Phi) is 7.05. The van der Waals surface area contributed by atoms with Gasteiger partial charge in [0.05, 0.1) is 6.42 Å². The molecule has 0 unspecified atom stereocenters. The third kappa shape index (κ3) is 6.16. The molecule has 2 amide bonds. The van der Waals surface area contributed by atoms with E-state index in [-0.39, 0.29) is 42.5 Å². The van der Waals surface area contributed by atoms with Crippen LogP contribution in [0.25, 0.3) is 0 Å². The lowest BCUT2D eigenvalue weighted by Gasteiger charge is -2.29. The first-order valence-corrected chi connectivity index (χ1v) is 8.85. The Morgan fingerprint density at radius 1 is 0.889 bits per heavy atom. The Morgan fingerprint density at radius 3 is 1.85 bits per heavy atom. The van der Waals surface area contributed by atoms with Gasteiger partial charge in [0.25, 0.3) is 0 Å². The van der Waals surface area contributed by atoms with Crippen LogP contribution in [0.5, 0.6) is 0 Å². The highest BCUT2D eigenvalue weighted by molar-refractivity contribution is 5.88. The molecule has 0 heterocycles. The summed E-state index contributed by atoms with van der Waals surface area (Å²) in [7, 11) is 0. The summed E-state index contributed by atoms with van der Waals surface area (Å²) in [4.78, 5) is 26.8. The molecule has 0 radical (unpaired) electrons. The van der Waals surface area contributed by atoms with Crippen LogP contribution in [-0.2, 0) is 22.6 Å². The van der Waals surface area contributed by atoms with Gasteiger partial charge >= 0.3 is 0 Å². The monoisotopic (exact) mass is 374 g/mol. The van der Waals surface area contributed by atoms with Crippen LogP contribution in [0.15, 0.2) is 48.5 Å². The zero-order chi connectivity index (χ0) is 20.0. The summed E-state index contributed by atoms with van der Waals surface area (Å²) in [5, 5.41) is 2.80. The summed E-state index contributed by atoms with van der Waals surface area (Å²) in [5.41, 5.74) is 1.37. The Morgan fingerprint density at radius 2 is 1.37 bits per heavy atom. The largest absolute Gasteiger partial charge is 0.352 e. The van der Waals surface area contributed by atoms with Gasteiger partial charge in [0.15, 0.2) is 0 Å². The van der Waals surface area contributed by atoms with Crippen LogP contribution in [0.4, 0.5) is 8.78 Å². The molecule has 0 aromatic heterocycles. The molecule has 0 saturated heterocycles. The maximum atomic E-state index is 13.2. The Hall–Kier alpha value is -2.76. The Bertz CT molecular complexity index is 774. The zero-order valence-electron chi connectivity index (χ0n) is 15.7. The van der Waals surface area contributed by atoms with Gasteiger partial charge in [-0.15, -0.1) is 0 Å². The molecule has 1 atom stereocenters. The summed E-state index contributed by atoms with van der Waals surface area (Å²) < 4.78 is 26.2. The molecule has 4 nitrogen and oxygen atoms in total. The van der Waals surface area contributed by atoms with Crippen molar-refractivity contribution in [2.75, 3.05) is 0 Å². The summed E-state index contributed by atoms with van der Waals surface area (Å²) in [6.45, 7) is 5.52. The summed E-state index contributed by atoms with van der Waals surface area (Å²) >= 11 is 0. The second-order valence-electron chi connectivity index (χ2n) is 6.79. The van der Waals surface area contributed by atoms with Crippen LogP contribution in [0.2, 0.25) is 0 Å². The highest BCUT2D eigenvalue weighted by atomic mass is 19.1. The predicted molar refractivity (Wildman–Crippen MR) is 99.8 cm³/mol. The molecule has 27 heavy (non-hydrogen) atoms. The van der Waals surface area contributed by atoms with Gasteiger partial charge in [-0.1, -0.05) is 24.3 Å². The molecule has 1 N–H and O–H groups in total. The van der Waals surface area contributed by atoms with E-state index in [4.69, 9.17) is 0 Å². The lowest BCUT2D eigenvalue weighted by Crippen LogP contribution is -2.49. The molecule has 2 rings (SSSR count). The predicted octanol–water partition coefficient (Wildman–Crippen LogP) is 3.45. The van der Waals surface area contributed by atoms with Crippen molar-refractivity contribution in [2.45, 2.75) is 45.8 Å². The van der Waals surface area contributed by atoms with E-state index in [0.29, 0.717) is 11.1 Å². The number of nitrogens with one attached hydrogen (secondary N) is 1. The topological polar surface area (TPSA) is 49.4 Å². The minimum atomic E-state index is -0.703. The quantitative estimate of drug-likeness (QED) is 0.807. The van der Waals surface area contributed by atoms with Crippen molar-refractivity contribution in [3.8, 4) is 0 Å². The highest BCUT2D eigenvalue weighted by Gasteiger charge is 2.26. The van der Waals surface area contributed by atoms with Gasteiger partial charge in [-0.25, -0.2) is 8.78 Å². The average molecular weight is 374 g/mol. The lowest BCUT2D eigenvalue weighted by molar-refractivity contribution is -0.140. The van der Waals surface area contributed by atoms with Crippen molar-refractivity contribution < 1.29 is 18.4 Å². The van der Waals surface area contributed by atoms with Crippen LogP contribution < -0.4 is 5.32 Å². The van der Waals surface area contributed by atoms with E-state index in [1.807, 2.05) is 13.8 Å². The first-order chi connectivity index (χ1) is 12.8. The molecule has 144 valence electrons. The second-order valence-corrected chi connectivity index (χ2v) is 6.79. The van der Waals surface area contributed by atoms with E-state index in [9.17, 15) is 18.4 Å². The van der Waals surface area contributed by atoms with E-state index < -0.39 is 6.04 Å². The third-order valence-electron chi connectivity index (χ3n) is 4.13. The van der Waals surface area contributed by atoms with Crippen LogP contribution in [-0.4, -0.2) is 28.8 Å². The molecular formula is C21H24F2N2O2. The smallest absolute Gasteiger partial charge is 0.242 e. The number of nitrogens with zero attached hydrogens (tertiary/aromatic N) is 1. The van der Waals surface area contributed by atoms with Gasteiger partial charge in [0.1, 0.15) is 17.7 Å². The number of benzene rings is 2. The van der Waals surface area contributed by atoms with E-state index in [2.05, 4.69) is 5.32 Å². The summed E-state index contributed by atoms with van der Waals surface area (Å²) in [5.74, 6) is -1.27. The number of carbonyl (C=O) groups excluding carboxylic acids is 2. The van der Waals surface area contributed by atoms with Crippen molar-refractivity contribution in [3.05, 3.63) is 71.3 Å². The van der Waals surface area contributed by atoms with Crippen molar-refractivity contribution in [2.24, 2.45) is 0 Å². The van der Waals surface area contributed by atoms with Crippen molar-refractivity contribution >= 4 is 11.8 Å². The Labute approximate surface area is 158 Å². The fraction of sp³-hybridized carbons (Fsp3) is 0.333. The van der Waals surface area contributed by atoms with Gasteiger partial charge in [0, 0.05) is 12.6 Å². The fourth-order valence-electron chi connectivity index (χ4n) is 2.65. The molecular weight excluding hydrogens is 350 g/mol. The first-order valence-electron chi connectivity index (χ1n) is 8.85. The minimum Gasteiger partial charge on any atom is -0.352 e. The van der Waals surface area contributed by atoms with E-state index >= 15 is 0 Å². The third-order valence-corrected chi connectivity index (χ3v) is 4.13. The molecule has 0 spiro atoms. The number of rotatable bonds is 7. The fourth-order valence-corrected chi connectivity index (χ4v) is 2.65. The molecule has 0 fully saturated rings. The molecule has 6 heteroatoms. The SMILES string of the molecule is CC(C)NC(=O)[C@H](C)N(Cc1ccc(F)cc1)C(=O)Cc1ccc(F)cc1. The van der Waals surface area contributed by atoms with Crippen LogP contribution in [0.1, 0.15) is 31.9 Å². The molecule has 2 aromatic carbocycles. The van der Waals surface area contributed by atoms with E-state index in [1.54, 1.807) is 31.2 Å². The molecule has 0 aliphatic heterocycles. The number of carbonyl (C=O) groups is 2. The van der Waals surface area contributed by atoms with Crippen molar-refractivity contribution in [1.82, 2.24) is 10.2 Å². The highest BCUT2D eigenvalue weighted by Crippen LogP contribution is 2.14. The van der Waals surface area contributed by atoms with Crippen LogP contribution >= 0.6 is 0 Å². The maximum Gasteiger partial charge on any atom is 0.242 e. The van der Waals surface area contributed by atoms with Gasteiger partial charge in [0.2, 0.25) is 11.8 Å². The molecule has 0 aliphatic rings. The summed E-state index contributed by atoms with van der Waals surface area (Å²) in [6, 6.07) is 10.7. The van der Waals surface area contributed by atoms with Gasteiger partial charge in [-0.05, 0) is 56.2 Å². The van der Waals surface area contributed by atoms with Crippen LogP contribution in [0.3, 0.4) is 0 Å². The van der Waals surface area contributed by atoms with Gasteiger partial charge in [-0.2, -0.15) is 0 Å². The number of hydrogen-bond acceptors (Lipinski definition) is 2. The summed E-state index contributed by atoms with van der Waals surface area (Å²) in [6.07, 6.45) is 0.0424. The normalized spacial score (nSPS) is 11.9. The standard InChI is InChI=1S/C21H24F2N2O2/c1-14(2)24-21(27)15(3)25(13-17-6-10-19(23)11-7-17)20(26)12-16-4-8-18(22)9-5-16/h4-11,14-15H,12-13H2,1-3H3,(H,24,27)/t15-/m0/s1. The minimum absolute atomic E-state index is 0.0424. The molecule has 0 saturated carbocycles. The maximum absolute atomic E-state index is 13.2.